The summed E-state index contributed by atoms with van der Waals surface area (Å²) in [5, 5.41) is 3.29. The fourth-order valence-corrected chi connectivity index (χ4v) is 1.76. The van der Waals surface area contributed by atoms with Crippen LogP contribution in [0.5, 0.6) is 0 Å². The summed E-state index contributed by atoms with van der Waals surface area (Å²) in [5.41, 5.74) is 0. The number of ether oxygens (including phenoxy) is 2. The van der Waals surface area contributed by atoms with Gasteiger partial charge in [-0.25, -0.2) is 0 Å². The SMILES string of the molecule is C1C[C@H](OCC2CCOC2)CN1. The summed E-state index contributed by atoms with van der Waals surface area (Å²) in [4.78, 5) is 0. The lowest BCUT2D eigenvalue weighted by Crippen LogP contribution is -2.20. The lowest BCUT2D eigenvalue weighted by atomic mass is 10.1. The lowest BCUT2D eigenvalue weighted by Gasteiger charge is -2.13. The Morgan fingerprint density at radius 3 is 3.08 bits per heavy atom. The van der Waals surface area contributed by atoms with Gasteiger partial charge in [-0.2, -0.15) is 0 Å². The van der Waals surface area contributed by atoms with Crippen LogP contribution in [0.4, 0.5) is 0 Å². The molecule has 2 aliphatic rings. The minimum Gasteiger partial charge on any atom is -0.381 e. The summed E-state index contributed by atoms with van der Waals surface area (Å²) >= 11 is 0. The second-order valence-corrected chi connectivity index (χ2v) is 3.68. The van der Waals surface area contributed by atoms with Crippen molar-refractivity contribution in [3.05, 3.63) is 0 Å². The molecular weight excluding hydrogens is 154 g/mol. The first-order valence-corrected chi connectivity index (χ1v) is 4.85. The Morgan fingerprint density at radius 1 is 1.42 bits per heavy atom. The Hall–Kier alpha value is -0.120. The van der Waals surface area contributed by atoms with E-state index in [0.717, 1.165) is 32.9 Å². The number of rotatable bonds is 3. The molecule has 70 valence electrons. The maximum Gasteiger partial charge on any atom is 0.0711 e. The summed E-state index contributed by atoms with van der Waals surface area (Å²) in [6, 6.07) is 0. The monoisotopic (exact) mass is 171 g/mol. The highest BCUT2D eigenvalue weighted by Crippen LogP contribution is 2.14. The molecule has 2 saturated heterocycles. The van der Waals surface area contributed by atoms with Gasteiger partial charge in [0, 0.05) is 19.1 Å². The standard InChI is InChI=1S/C9H17NO2/c1-3-10-5-9(1)12-7-8-2-4-11-6-8/h8-10H,1-7H2/t8?,9-/m0/s1. The predicted molar refractivity (Wildman–Crippen MR) is 46.2 cm³/mol. The van der Waals surface area contributed by atoms with Crippen LogP contribution in [0.25, 0.3) is 0 Å². The van der Waals surface area contributed by atoms with E-state index in [1.54, 1.807) is 0 Å². The van der Waals surface area contributed by atoms with Crippen molar-refractivity contribution >= 4 is 0 Å². The Labute approximate surface area is 73.4 Å². The van der Waals surface area contributed by atoms with E-state index < -0.39 is 0 Å². The van der Waals surface area contributed by atoms with Crippen LogP contribution < -0.4 is 5.32 Å². The van der Waals surface area contributed by atoms with Crippen molar-refractivity contribution < 1.29 is 9.47 Å². The molecule has 3 nitrogen and oxygen atoms in total. The van der Waals surface area contributed by atoms with Crippen LogP contribution in [0, 0.1) is 5.92 Å². The summed E-state index contributed by atoms with van der Waals surface area (Å²) in [5.74, 6) is 0.658. The lowest BCUT2D eigenvalue weighted by molar-refractivity contribution is 0.0376. The van der Waals surface area contributed by atoms with E-state index in [1.807, 2.05) is 0 Å². The molecule has 2 fully saturated rings. The van der Waals surface area contributed by atoms with Crippen molar-refractivity contribution in [2.24, 2.45) is 5.92 Å². The molecule has 0 aromatic carbocycles. The van der Waals surface area contributed by atoms with Crippen LogP contribution in [0.1, 0.15) is 12.8 Å². The fourth-order valence-electron chi connectivity index (χ4n) is 1.76. The van der Waals surface area contributed by atoms with Crippen LogP contribution >= 0.6 is 0 Å². The molecule has 2 rings (SSSR count). The van der Waals surface area contributed by atoms with E-state index in [2.05, 4.69) is 5.32 Å². The van der Waals surface area contributed by atoms with Crippen LogP contribution in [0.2, 0.25) is 0 Å². The second kappa shape index (κ2) is 4.21. The number of hydrogen-bond acceptors (Lipinski definition) is 3. The molecule has 3 heteroatoms. The smallest absolute Gasteiger partial charge is 0.0711 e. The molecule has 0 aromatic heterocycles. The average molecular weight is 171 g/mol. The van der Waals surface area contributed by atoms with Crippen molar-refractivity contribution in [2.45, 2.75) is 18.9 Å². The van der Waals surface area contributed by atoms with Crippen molar-refractivity contribution in [3.8, 4) is 0 Å². The third kappa shape index (κ3) is 2.19. The first-order chi connectivity index (χ1) is 5.95. The van der Waals surface area contributed by atoms with E-state index in [9.17, 15) is 0 Å². The van der Waals surface area contributed by atoms with Gasteiger partial charge in [0.2, 0.25) is 0 Å². The summed E-state index contributed by atoms with van der Waals surface area (Å²) < 4.78 is 11.0. The minimum absolute atomic E-state index is 0.464. The van der Waals surface area contributed by atoms with Gasteiger partial charge in [0.25, 0.3) is 0 Å². The zero-order chi connectivity index (χ0) is 8.23. The maximum absolute atomic E-state index is 5.74. The molecule has 2 heterocycles. The number of nitrogens with one attached hydrogen (secondary N) is 1. The fraction of sp³-hybridized carbons (Fsp3) is 1.00. The van der Waals surface area contributed by atoms with Gasteiger partial charge in [-0.3, -0.25) is 0 Å². The van der Waals surface area contributed by atoms with Gasteiger partial charge in [0.1, 0.15) is 0 Å². The van der Waals surface area contributed by atoms with E-state index in [4.69, 9.17) is 9.47 Å². The Balaban J connectivity index is 1.60. The highest BCUT2D eigenvalue weighted by molar-refractivity contribution is 4.72. The average Bonchev–Trinajstić information content (AvgIpc) is 2.74. The minimum atomic E-state index is 0.464. The van der Waals surface area contributed by atoms with E-state index in [0.29, 0.717) is 12.0 Å². The van der Waals surface area contributed by atoms with Gasteiger partial charge < -0.3 is 14.8 Å². The highest BCUT2D eigenvalue weighted by Gasteiger charge is 2.20. The summed E-state index contributed by atoms with van der Waals surface area (Å²) in [7, 11) is 0. The number of hydrogen-bond donors (Lipinski definition) is 1. The van der Waals surface area contributed by atoms with Gasteiger partial charge in [-0.15, -0.1) is 0 Å². The molecule has 12 heavy (non-hydrogen) atoms. The van der Waals surface area contributed by atoms with Gasteiger partial charge >= 0.3 is 0 Å². The predicted octanol–water partition coefficient (Wildman–Crippen LogP) is 0.401. The zero-order valence-electron chi connectivity index (χ0n) is 7.42. The molecule has 1 N–H and O–H groups in total. The van der Waals surface area contributed by atoms with E-state index >= 15 is 0 Å². The van der Waals surface area contributed by atoms with Gasteiger partial charge in [0.05, 0.1) is 19.3 Å². The molecule has 0 spiro atoms. The Kier molecular flexibility index (Phi) is 2.98. The van der Waals surface area contributed by atoms with Crippen molar-refractivity contribution in [3.63, 3.8) is 0 Å². The maximum atomic E-state index is 5.74. The zero-order valence-corrected chi connectivity index (χ0v) is 7.42. The molecule has 0 bridgehead atoms. The normalized spacial score (nSPS) is 36.0. The Morgan fingerprint density at radius 2 is 2.42 bits per heavy atom. The molecule has 2 atom stereocenters. The quantitative estimate of drug-likeness (QED) is 0.667. The third-order valence-corrected chi connectivity index (χ3v) is 2.61. The van der Waals surface area contributed by atoms with E-state index in [-0.39, 0.29) is 0 Å². The van der Waals surface area contributed by atoms with Crippen molar-refractivity contribution in [1.82, 2.24) is 5.32 Å². The molecule has 0 amide bonds. The Bertz CT molecular complexity index is 112. The largest absolute Gasteiger partial charge is 0.381 e. The van der Waals surface area contributed by atoms with Gasteiger partial charge in [0.15, 0.2) is 0 Å². The molecule has 0 saturated carbocycles. The summed E-state index contributed by atoms with van der Waals surface area (Å²) in [6.45, 7) is 4.88. The third-order valence-electron chi connectivity index (χ3n) is 2.61. The molecule has 0 radical (unpaired) electrons. The van der Waals surface area contributed by atoms with Crippen LogP contribution in [0.15, 0.2) is 0 Å². The molecule has 0 aliphatic carbocycles. The van der Waals surface area contributed by atoms with Gasteiger partial charge in [-0.1, -0.05) is 0 Å². The van der Waals surface area contributed by atoms with Gasteiger partial charge in [-0.05, 0) is 19.4 Å². The first-order valence-electron chi connectivity index (χ1n) is 4.85. The van der Waals surface area contributed by atoms with Crippen LogP contribution in [-0.2, 0) is 9.47 Å². The van der Waals surface area contributed by atoms with Crippen molar-refractivity contribution in [2.75, 3.05) is 32.9 Å². The topological polar surface area (TPSA) is 30.5 Å². The van der Waals surface area contributed by atoms with Crippen molar-refractivity contribution in [1.29, 1.82) is 0 Å². The molecular formula is C9H17NO2. The molecule has 1 unspecified atom stereocenters. The first kappa shape index (κ1) is 8.48. The molecule has 0 aromatic rings. The van der Waals surface area contributed by atoms with Crippen LogP contribution in [-0.4, -0.2) is 39.0 Å². The van der Waals surface area contributed by atoms with E-state index in [1.165, 1.54) is 12.8 Å². The molecule has 2 aliphatic heterocycles. The highest BCUT2D eigenvalue weighted by atomic mass is 16.5. The second-order valence-electron chi connectivity index (χ2n) is 3.68. The van der Waals surface area contributed by atoms with Crippen LogP contribution in [0.3, 0.4) is 0 Å². The summed E-state index contributed by atoms with van der Waals surface area (Å²) in [6.07, 6.45) is 2.82.